The lowest BCUT2D eigenvalue weighted by atomic mass is 10.2. The van der Waals surface area contributed by atoms with Crippen LogP contribution in [0.3, 0.4) is 0 Å². The number of aromatic nitrogens is 1. The van der Waals surface area contributed by atoms with Crippen LogP contribution in [0.1, 0.15) is 23.0 Å². The maximum atomic E-state index is 12.6. The molecule has 0 saturated heterocycles. The fourth-order valence-electron chi connectivity index (χ4n) is 2.90. The van der Waals surface area contributed by atoms with Gasteiger partial charge in [0.25, 0.3) is 0 Å². The largest absolute Gasteiger partial charge is 0.494 e. The molecule has 7 nitrogen and oxygen atoms in total. The molecule has 28 heavy (non-hydrogen) atoms. The number of carbonyl (C=O) groups excluding carboxylic acids is 2. The van der Waals surface area contributed by atoms with E-state index in [-0.39, 0.29) is 18.1 Å². The number of amides is 1. The van der Waals surface area contributed by atoms with Crippen LogP contribution in [0.2, 0.25) is 0 Å². The Bertz CT molecular complexity index is 944. The van der Waals surface area contributed by atoms with E-state index >= 15 is 0 Å². The van der Waals surface area contributed by atoms with Crippen LogP contribution in [-0.4, -0.2) is 30.2 Å². The van der Waals surface area contributed by atoms with Crippen molar-refractivity contribution >= 4 is 11.9 Å². The maximum absolute atomic E-state index is 12.6. The van der Waals surface area contributed by atoms with E-state index in [2.05, 4.69) is 5.32 Å². The molecule has 0 aliphatic heterocycles. The Morgan fingerprint density at radius 3 is 2.64 bits per heavy atom. The highest BCUT2D eigenvalue weighted by molar-refractivity contribution is 5.90. The van der Waals surface area contributed by atoms with Crippen LogP contribution >= 0.6 is 0 Å². The fraction of sp³-hybridized carbons (Fsp3) is 0.238. The van der Waals surface area contributed by atoms with Crippen LogP contribution in [0, 0.1) is 0 Å². The first kappa shape index (κ1) is 19.3. The van der Waals surface area contributed by atoms with Crippen LogP contribution in [0.15, 0.2) is 59.2 Å². The molecule has 0 saturated carbocycles. The molecule has 2 heterocycles. The van der Waals surface area contributed by atoms with Crippen molar-refractivity contribution < 1.29 is 23.5 Å². The smallest absolute Gasteiger partial charge is 0.354 e. The summed E-state index contributed by atoms with van der Waals surface area (Å²) in [6.07, 6.45) is 1.54. The molecule has 0 unspecified atom stereocenters. The van der Waals surface area contributed by atoms with Crippen LogP contribution in [0.25, 0.3) is 11.5 Å². The number of nitrogens with one attached hydrogen (secondary N) is 1. The molecule has 2 aromatic heterocycles. The molecule has 0 aliphatic carbocycles. The minimum absolute atomic E-state index is 0.0513. The Kier molecular flexibility index (Phi) is 6.16. The van der Waals surface area contributed by atoms with Gasteiger partial charge < -0.3 is 23.8 Å². The third-order valence-corrected chi connectivity index (χ3v) is 4.20. The molecule has 1 amide bonds. The van der Waals surface area contributed by atoms with Crippen molar-refractivity contribution in [3.8, 4) is 17.2 Å². The van der Waals surface area contributed by atoms with Gasteiger partial charge in [0.1, 0.15) is 23.7 Å². The molecule has 1 aromatic carbocycles. The molecule has 0 atom stereocenters. The van der Waals surface area contributed by atoms with Crippen molar-refractivity contribution in [2.45, 2.75) is 20.0 Å². The van der Waals surface area contributed by atoms with Crippen molar-refractivity contribution in [3.05, 3.63) is 66.1 Å². The Labute approximate surface area is 162 Å². The maximum Gasteiger partial charge on any atom is 0.354 e. The highest BCUT2D eigenvalue weighted by Crippen LogP contribution is 2.24. The van der Waals surface area contributed by atoms with E-state index in [1.165, 1.54) is 13.4 Å². The number of benzene rings is 1. The second-order valence-electron chi connectivity index (χ2n) is 5.98. The standard InChI is InChI=1S/C21H22N2O5/c1-3-27-18-8-5-4-7-15(18)13-22-20(24)14-23-16(19-9-6-12-28-19)10-11-17(23)21(25)26-2/h4-12H,3,13-14H2,1-2H3,(H,22,24). The Morgan fingerprint density at radius 1 is 1.11 bits per heavy atom. The minimum Gasteiger partial charge on any atom is -0.494 e. The number of rotatable bonds is 8. The lowest BCUT2D eigenvalue weighted by molar-refractivity contribution is -0.121. The number of carbonyl (C=O) groups is 2. The topological polar surface area (TPSA) is 82.7 Å². The van der Waals surface area contributed by atoms with E-state index in [4.69, 9.17) is 13.9 Å². The Morgan fingerprint density at radius 2 is 1.93 bits per heavy atom. The Hall–Kier alpha value is -3.48. The molecule has 0 bridgehead atoms. The van der Waals surface area contributed by atoms with Gasteiger partial charge in [-0.15, -0.1) is 0 Å². The summed E-state index contributed by atoms with van der Waals surface area (Å²) in [5.74, 6) is 0.523. The van der Waals surface area contributed by atoms with Gasteiger partial charge in [-0.25, -0.2) is 4.79 Å². The monoisotopic (exact) mass is 382 g/mol. The molecule has 3 rings (SSSR count). The molecular formula is C21H22N2O5. The lowest BCUT2D eigenvalue weighted by Gasteiger charge is -2.13. The number of nitrogens with zero attached hydrogens (tertiary/aromatic N) is 1. The van der Waals surface area contributed by atoms with Gasteiger partial charge in [-0.1, -0.05) is 18.2 Å². The summed E-state index contributed by atoms with van der Waals surface area (Å²) in [5.41, 5.74) is 1.78. The zero-order valence-electron chi connectivity index (χ0n) is 15.8. The predicted molar refractivity (Wildman–Crippen MR) is 103 cm³/mol. The van der Waals surface area contributed by atoms with Gasteiger partial charge in [-0.05, 0) is 37.3 Å². The third kappa shape index (κ3) is 4.25. The van der Waals surface area contributed by atoms with Crippen LogP contribution < -0.4 is 10.1 Å². The van der Waals surface area contributed by atoms with Crippen molar-refractivity contribution in [2.24, 2.45) is 0 Å². The van der Waals surface area contributed by atoms with Gasteiger partial charge in [-0.3, -0.25) is 4.79 Å². The van der Waals surface area contributed by atoms with Crippen molar-refractivity contribution in [3.63, 3.8) is 0 Å². The zero-order chi connectivity index (χ0) is 19.9. The molecule has 0 aliphatic rings. The first-order valence-electron chi connectivity index (χ1n) is 8.93. The van der Waals surface area contributed by atoms with Crippen LogP contribution in [0.4, 0.5) is 0 Å². The molecule has 146 valence electrons. The van der Waals surface area contributed by atoms with E-state index in [9.17, 15) is 9.59 Å². The molecule has 1 N–H and O–H groups in total. The van der Waals surface area contributed by atoms with Gasteiger partial charge >= 0.3 is 5.97 Å². The molecule has 3 aromatic rings. The number of furan rings is 1. The van der Waals surface area contributed by atoms with Crippen molar-refractivity contribution in [1.29, 1.82) is 0 Å². The van der Waals surface area contributed by atoms with Crippen LogP contribution in [0.5, 0.6) is 5.75 Å². The second-order valence-corrected chi connectivity index (χ2v) is 5.98. The number of methoxy groups -OCH3 is 1. The normalized spacial score (nSPS) is 10.5. The van der Waals surface area contributed by atoms with E-state index in [1.807, 2.05) is 31.2 Å². The summed E-state index contributed by atoms with van der Waals surface area (Å²) in [6.45, 7) is 2.72. The Balaban J connectivity index is 1.77. The van der Waals surface area contributed by atoms with Gasteiger partial charge in [-0.2, -0.15) is 0 Å². The van der Waals surface area contributed by atoms with Crippen LogP contribution in [-0.2, 0) is 22.6 Å². The van der Waals surface area contributed by atoms with Gasteiger partial charge in [0.15, 0.2) is 0 Å². The van der Waals surface area contributed by atoms with Gasteiger partial charge in [0.05, 0.1) is 25.7 Å². The molecule has 0 spiro atoms. The molecule has 0 radical (unpaired) electrons. The number of para-hydroxylation sites is 1. The summed E-state index contributed by atoms with van der Waals surface area (Å²) >= 11 is 0. The van der Waals surface area contributed by atoms with E-state index in [0.29, 0.717) is 24.6 Å². The highest BCUT2D eigenvalue weighted by atomic mass is 16.5. The number of hydrogen-bond donors (Lipinski definition) is 1. The molecule has 0 fully saturated rings. The first-order valence-corrected chi connectivity index (χ1v) is 8.93. The fourth-order valence-corrected chi connectivity index (χ4v) is 2.90. The SMILES string of the molecule is CCOc1ccccc1CNC(=O)Cn1c(C(=O)OC)ccc1-c1ccco1. The number of hydrogen-bond acceptors (Lipinski definition) is 5. The summed E-state index contributed by atoms with van der Waals surface area (Å²) in [6, 6.07) is 14.4. The number of esters is 1. The molecular weight excluding hydrogens is 360 g/mol. The zero-order valence-corrected chi connectivity index (χ0v) is 15.8. The van der Waals surface area contributed by atoms with Gasteiger partial charge in [0.2, 0.25) is 5.91 Å². The number of ether oxygens (including phenoxy) is 2. The summed E-state index contributed by atoms with van der Waals surface area (Å²) in [4.78, 5) is 24.7. The van der Waals surface area contributed by atoms with E-state index in [1.54, 1.807) is 28.8 Å². The van der Waals surface area contributed by atoms with E-state index in [0.717, 1.165) is 11.3 Å². The predicted octanol–water partition coefficient (Wildman–Crippen LogP) is 3.25. The molecule has 7 heteroatoms. The average Bonchev–Trinajstić information content (AvgIpc) is 3.37. The first-order chi connectivity index (χ1) is 13.6. The second kappa shape index (κ2) is 8.94. The highest BCUT2D eigenvalue weighted by Gasteiger charge is 2.20. The summed E-state index contributed by atoms with van der Waals surface area (Å²) < 4.78 is 17.4. The summed E-state index contributed by atoms with van der Waals surface area (Å²) in [5, 5.41) is 2.87. The van der Waals surface area contributed by atoms with Gasteiger partial charge in [0, 0.05) is 12.1 Å². The van der Waals surface area contributed by atoms with Crippen molar-refractivity contribution in [1.82, 2.24) is 9.88 Å². The van der Waals surface area contributed by atoms with E-state index < -0.39 is 5.97 Å². The average molecular weight is 382 g/mol. The lowest BCUT2D eigenvalue weighted by Crippen LogP contribution is -2.29. The third-order valence-electron chi connectivity index (χ3n) is 4.20. The quantitative estimate of drug-likeness (QED) is 0.605. The minimum atomic E-state index is -0.521. The summed E-state index contributed by atoms with van der Waals surface area (Å²) in [7, 11) is 1.30. The van der Waals surface area contributed by atoms with Crippen molar-refractivity contribution in [2.75, 3.05) is 13.7 Å².